The minimum atomic E-state index is 0.343. The van der Waals surface area contributed by atoms with Crippen molar-refractivity contribution < 1.29 is 0 Å². The SMILES string of the molecule is CCNC(C)c1csc(-c2ccc(CC)s2)n1. The van der Waals surface area contributed by atoms with Crippen LogP contribution < -0.4 is 5.32 Å². The van der Waals surface area contributed by atoms with E-state index in [9.17, 15) is 0 Å². The standard InChI is InChI=1S/C13H18N2S2/c1-4-10-6-7-12(17-10)13-15-11(8-16-13)9(3)14-5-2/h6-9,14H,4-5H2,1-3H3. The summed E-state index contributed by atoms with van der Waals surface area (Å²) in [5.74, 6) is 0. The van der Waals surface area contributed by atoms with Crippen molar-refractivity contribution in [2.45, 2.75) is 33.2 Å². The maximum atomic E-state index is 4.71. The summed E-state index contributed by atoms with van der Waals surface area (Å²) in [6.07, 6.45) is 1.11. The molecule has 0 aliphatic carbocycles. The first-order chi connectivity index (χ1) is 8.24. The van der Waals surface area contributed by atoms with Crippen LogP contribution in [0.3, 0.4) is 0 Å². The van der Waals surface area contributed by atoms with Crippen LogP contribution in [0.25, 0.3) is 9.88 Å². The lowest BCUT2D eigenvalue weighted by Crippen LogP contribution is -2.17. The van der Waals surface area contributed by atoms with E-state index in [1.807, 2.05) is 11.3 Å². The van der Waals surface area contributed by atoms with Crippen LogP contribution in [0.15, 0.2) is 17.5 Å². The summed E-state index contributed by atoms with van der Waals surface area (Å²) < 4.78 is 0. The third-order valence-electron chi connectivity index (χ3n) is 2.70. The summed E-state index contributed by atoms with van der Waals surface area (Å²) >= 11 is 3.59. The molecule has 4 heteroatoms. The fourth-order valence-electron chi connectivity index (χ4n) is 1.69. The molecule has 0 aliphatic heterocycles. The Morgan fingerprint density at radius 2 is 2.18 bits per heavy atom. The molecular formula is C13H18N2S2. The minimum absolute atomic E-state index is 0.343. The Balaban J connectivity index is 2.17. The zero-order chi connectivity index (χ0) is 12.3. The van der Waals surface area contributed by atoms with Crippen LogP contribution in [-0.2, 0) is 6.42 Å². The number of hydrogen-bond donors (Lipinski definition) is 1. The van der Waals surface area contributed by atoms with E-state index < -0.39 is 0 Å². The van der Waals surface area contributed by atoms with E-state index in [1.165, 1.54) is 9.75 Å². The molecule has 1 N–H and O–H groups in total. The molecule has 0 amide bonds. The molecule has 0 saturated carbocycles. The molecule has 17 heavy (non-hydrogen) atoms. The molecule has 0 bridgehead atoms. The van der Waals surface area contributed by atoms with Gasteiger partial charge in [-0.1, -0.05) is 13.8 Å². The van der Waals surface area contributed by atoms with Crippen LogP contribution in [0, 0.1) is 0 Å². The van der Waals surface area contributed by atoms with Crippen molar-refractivity contribution in [3.8, 4) is 9.88 Å². The first-order valence-electron chi connectivity index (χ1n) is 6.02. The summed E-state index contributed by atoms with van der Waals surface area (Å²) in [4.78, 5) is 7.43. The third kappa shape index (κ3) is 2.94. The first kappa shape index (κ1) is 12.7. The van der Waals surface area contributed by atoms with E-state index >= 15 is 0 Å². The largest absolute Gasteiger partial charge is 0.309 e. The third-order valence-corrected chi connectivity index (χ3v) is 4.96. The second-order valence-corrected chi connectivity index (χ2v) is 6.00. The molecule has 1 unspecified atom stereocenters. The van der Waals surface area contributed by atoms with E-state index in [-0.39, 0.29) is 0 Å². The molecule has 1 atom stereocenters. The highest BCUT2D eigenvalue weighted by Crippen LogP contribution is 2.32. The molecule has 2 nitrogen and oxygen atoms in total. The smallest absolute Gasteiger partial charge is 0.133 e. The predicted octanol–water partition coefficient (Wildman–Crippen LogP) is 4.10. The molecule has 0 spiro atoms. The van der Waals surface area contributed by atoms with E-state index in [0.29, 0.717) is 6.04 Å². The van der Waals surface area contributed by atoms with Gasteiger partial charge in [0.15, 0.2) is 0 Å². The Kier molecular flexibility index (Phi) is 4.31. The average molecular weight is 266 g/mol. The van der Waals surface area contributed by atoms with Gasteiger partial charge in [0.1, 0.15) is 5.01 Å². The molecule has 0 fully saturated rings. The fraction of sp³-hybridized carbons (Fsp3) is 0.462. The Hall–Kier alpha value is -0.710. The lowest BCUT2D eigenvalue weighted by Gasteiger charge is -2.07. The monoisotopic (exact) mass is 266 g/mol. The Morgan fingerprint density at radius 3 is 2.82 bits per heavy atom. The van der Waals surface area contributed by atoms with Crippen molar-refractivity contribution in [3.05, 3.63) is 28.1 Å². The molecule has 2 aromatic heterocycles. The van der Waals surface area contributed by atoms with Crippen molar-refractivity contribution in [3.63, 3.8) is 0 Å². The molecule has 0 radical (unpaired) electrons. The zero-order valence-electron chi connectivity index (χ0n) is 10.5. The van der Waals surface area contributed by atoms with E-state index in [0.717, 1.165) is 23.7 Å². The maximum absolute atomic E-state index is 4.71. The lowest BCUT2D eigenvalue weighted by molar-refractivity contribution is 0.587. The molecule has 0 saturated heterocycles. The number of nitrogens with one attached hydrogen (secondary N) is 1. The van der Waals surface area contributed by atoms with Crippen LogP contribution in [0.5, 0.6) is 0 Å². The summed E-state index contributed by atoms with van der Waals surface area (Å²) in [6.45, 7) is 7.45. The normalized spacial score (nSPS) is 12.9. The number of aromatic nitrogens is 1. The highest BCUT2D eigenvalue weighted by molar-refractivity contribution is 7.21. The van der Waals surface area contributed by atoms with Gasteiger partial charge in [0.05, 0.1) is 10.6 Å². The van der Waals surface area contributed by atoms with Crippen LogP contribution in [0.2, 0.25) is 0 Å². The van der Waals surface area contributed by atoms with Crippen molar-refractivity contribution in [2.24, 2.45) is 0 Å². The molecular weight excluding hydrogens is 248 g/mol. The predicted molar refractivity (Wildman–Crippen MR) is 76.9 cm³/mol. The van der Waals surface area contributed by atoms with E-state index in [2.05, 4.69) is 43.6 Å². The molecule has 2 aromatic rings. The van der Waals surface area contributed by atoms with Gasteiger partial charge in [-0.2, -0.15) is 0 Å². The van der Waals surface area contributed by atoms with Crippen LogP contribution in [-0.4, -0.2) is 11.5 Å². The van der Waals surface area contributed by atoms with Crippen LogP contribution >= 0.6 is 22.7 Å². The van der Waals surface area contributed by atoms with Crippen molar-refractivity contribution in [2.75, 3.05) is 6.54 Å². The quantitative estimate of drug-likeness (QED) is 0.881. The van der Waals surface area contributed by atoms with Crippen LogP contribution in [0.4, 0.5) is 0 Å². The molecule has 2 rings (SSSR count). The van der Waals surface area contributed by atoms with Gasteiger partial charge in [-0.15, -0.1) is 22.7 Å². The van der Waals surface area contributed by atoms with Gasteiger partial charge in [0.2, 0.25) is 0 Å². The molecule has 0 aromatic carbocycles. The molecule has 0 aliphatic rings. The number of aryl methyl sites for hydroxylation is 1. The van der Waals surface area contributed by atoms with Crippen LogP contribution in [0.1, 0.15) is 37.4 Å². The number of thiazole rings is 1. The highest BCUT2D eigenvalue weighted by Gasteiger charge is 2.11. The lowest BCUT2D eigenvalue weighted by atomic mass is 10.2. The van der Waals surface area contributed by atoms with E-state index in [1.54, 1.807) is 11.3 Å². The zero-order valence-corrected chi connectivity index (χ0v) is 12.1. The van der Waals surface area contributed by atoms with Crippen molar-refractivity contribution in [1.82, 2.24) is 10.3 Å². The van der Waals surface area contributed by atoms with Gasteiger partial charge in [0, 0.05) is 16.3 Å². The Morgan fingerprint density at radius 1 is 1.35 bits per heavy atom. The van der Waals surface area contributed by atoms with Crippen molar-refractivity contribution >= 4 is 22.7 Å². The highest BCUT2D eigenvalue weighted by atomic mass is 32.1. The average Bonchev–Trinajstić information content (AvgIpc) is 2.98. The number of thiophene rings is 1. The number of nitrogens with zero attached hydrogens (tertiary/aromatic N) is 1. The summed E-state index contributed by atoms with van der Waals surface area (Å²) in [7, 11) is 0. The second kappa shape index (κ2) is 5.76. The summed E-state index contributed by atoms with van der Waals surface area (Å²) in [6, 6.07) is 4.73. The number of hydrogen-bond acceptors (Lipinski definition) is 4. The first-order valence-corrected chi connectivity index (χ1v) is 7.72. The van der Waals surface area contributed by atoms with Gasteiger partial charge >= 0.3 is 0 Å². The summed E-state index contributed by atoms with van der Waals surface area (Å²) in [5, 5.41) is 6.70. The Bertz CT molecular complexity index is 473. The minimum Gasteiger partial charge on any atom is -0.309 e. The number of rotatable bonds is 5. The second-order valence-electron chi connectivity index (χ2n) is 3.98. The van der Waals surface area contributed by atoms with Gasteiger partial charge < -0.3 is 5.32 Å². The van der Waals surface area contributed by atoms with Gasteiger partial charge in [-0.3, -0.25) is 0 Å². The fourth-order valence-corrected chi connectivity index (χ4v) is 3.62. The van der Waals surface area contributed by atoms with Gasteiger partial charge in [0.25, 0.3) is 0 Å². The molecule has 2 heterocycles. The van der Waals surface area contributed by atoms with Gasteiger partial charge in [-0.25, -0.2) is 4.98 Å². The van der Waals surface area contributed by atoms with Gasteiger partial charge in [-0.05, 0) is 32.0 Å². The Labute approximate surface area is 111 Å². The molecule has 92 valence electrons. The maximum Gasteiger partial charge on any atom is 0.133 e. The summed E-state index contributed by atoms with van der Waals surface area (Å²) in [5.41, 5.74) is 1.15. The van der Waals surface area contributed by atoms with E-state index in [4.69, 9.17) is 4.98 Å². The van der Waals surface area contributed by atoms with Crippen molar-refractivity contribution in [1.29, 1.82) is 0 Å². The topological polar surface area (TPSA) is 24.9 Å².